The minimum atomic E-state index is -0.777. The molecule has 0 saturated heterocycles. The van der Waals surface area contributed by atoms with Crippen LogP contribution in [-0.4, -0.2) is 30.2 Å². The number of hydrogen-bond donors (Lipinski definition) is 2. The van der Waals surface area contributed by atoms with Gasteiger partial charge in [0.1, 0.15) is 5.54 Å². The Morgan fingerprint density at radius 2 is 2.00 bits per heavy atom. The largest absolute Gasteiger partial charge is 0.376 e. The van der Waals surface area contributed by atoms with Gasteiger partial charge in [-0.1, -0.05) is 13.8 Å². The van der Waals surface area contributed by atoms with Crippen LogP contribution in [0, 0.1) is 11.8 Å². The summed E-state index contributed by atoms with van der Waals surface area (Å²) in [6, 6.07) is 0.200. The monoisotopic (exact) mass is 270 g/mol. The maximum absolute atomic E-state index is 11.6. The molecule has 0 aromatic rings. The van der Waals surface area contributed by atoms with Crippen molar-refractivity contribution in [1.82, 2.24) is 5.32 Å². The van der Waals surface area contributed by atoms with E-state index in [1.54, 1.807) is 0 Å². The number of hydrogen-bond acceptors (Lipinski definition) is 3. The quantitative estimate of drug-likeness (QED) is 0.776. The van der Waals surface area contributed by atoms with Gasteiger partial charge in [-0.05, 0) is 51.9 Å². The molecule has 0 aliphatic heterocycles. The summed E-state index contributed by atoms with van der Waals surface area (Å²) in [6.45, 7) is 10.8. The van der Waals surface area contributed by atoms with Crippen molar-refractivity contribution in [1.29, 1.82) is 0 Å². The molecule has 1 saturated carbocycles. The average Bonchev–Trinajstić information content (AvgIpc) is 2.29. The molecule has 0 aromatic carbocycles. The molecule has 0 spiro atoms. The van der Waals surface area contributed by atoms with Crippen LogP contribution in [0.25, 0.3) is 0 Å². The van der Waals surface area contributed by atoms with Gasteiger partial charge in [-0.25, -0.2) is 0 Å². The third-order valence-corrected chi connectivity index (χ3v) is 4.31. The van der Waals surface area contributed by atoms with Crippen molar-refractivity contribution in [3.8, 4) is 0 Å². The SMILES string of the molecule is CC(C)NC(C)(COC1CCC(C)C(C)C1)C(N)=O. The van der Waals surface area contributed by atoms with Crippen LogP contribution >= 0.6 is 0 Å². The standard InChI is InChI=1S/C15H30N2O2/c1-10(2)17-15(5,14(16)18)9-19-13-7-6-11(3)12(4)8-13/h10-13,17H,6-9H2,1-5H3,(H2,16,18). The summed E-state index contributed by atoms with van der Waals surface area (Å²) >= 11 is 0. The molecule has 3 N–H and O–H groups in total. The molecule has 112 valence electrons. The number of carbonyl (C=O) groups is 1. The van der Waals surface area contributed by atoms with E-state index in [-0.39, 0.29) is 18.1 Å². The predicted molar refractivity (Wildman–Crippen MR) is 77.8 cm³/mol. The second-order valence-corrected chi connectivity index (χ2v) is 6.70. The first-order valence-electron chi connectivity index (χ1n) is 7.44. The lowest BCUT2D eigenvalue weighted by Crippen LogP contribution is -2.59. The lowest BCUT2D eigenvalue weighted by Gasteiger charge is -2.35. The Kier molecular flexibility index (Phi) is 5.81. The molecule has 4 atom stereocenters. The van der Waals surface area contributed by atoms with E-state index < -0.39 is 5.54 Å². The van der Waals surface area contributed by atoms with E-state index in [2.05, 4.69) is 19.2 Å². The third kappa shape index (κ3) is 4.77. The minimum Gasteiger partial charge on any atom is -0.376 e. The fourth-order valence-electron chi connectivity index (χ4n) is 2.76. The predicted octanol–water partition coefficient (Wildman–Crippen LogP) is 2.07. The summed E-state index contributed by atoms with van der Waals surface area (Å²) in [6.07, 6.45) is 3.63. The van der Waals surface area contributed by atoms with Crippen molar-refractivity contribution in [2.45, 2.75) is 71.6 Å². The minimum absolute atomic E-state index is 0.200. The van der Waals surface area contributed by atoms with Gasteiger partial charge in [-0.15, -0.1) is 0 Å². The second kappa shape index (κ2) is 6.71. The summed E-state index contributed by atoms with van der Waals surface area (Å²) in [5.41, 5.74) is 4.73. The van der Waals surface area contributed by atoms with E-state index in [4.69, 9.17) is 10.5 Å². The maximum Gasteiger partial charge on any atom is 0.239 e. The van der Waals surface area contributed by atoms with Gasteiger partial charge in [0.15, 0.2) is 0 Å². The van der Waals surface area contributed by atoms with Crippen LogP contribution in [0.15, 0.2) is 0 Å². The van der Waals surface area contributed by atoms with Crippen molar-refractivity contribution in [2.24, 2.45) is 17.6 Å². The molecular weight excluding hydrogens is 240 g/mol. The van der Waals surface area contributed by atoms with Crippen LogP contribution in [0.1, 0.15) is 53.9 Å². The summed E-state index contributed by atoms with van der Waals surface area (Å²) in [5.74, 6) is 1.12. The number of carbonyl (C=O) groups excluding carboxylic acids is 1. The Morgan fingerprint density at radius 1 is 1.37 bits per heavy atom. The van der Waals surface area contributed by atoms with E-state index in [1.807, 2.05) is 20.8 Å². The van der Waals surface area contributed by atoms with Gasteiger partial charge in [-0.2, -0.15) is 0 Å². The van der Waals surface area contributed by atoms with Crippen molar-refractivity contribution in [2.75, 3.05) is 6.61 Å². The summed E-state index contributed by atoms with van der Waals surface area (Å²) in [7, 11) is 0. The molecule has 4 heteroatoms. The van der Waals surface area contributed by atoms with Crippen LogP contribution in [0.5, 0.6) is 0 Å². The van der Waals surface area contributed by atoms with Gasteiger partial charge in [-0.3, -0.25) is 10.1 Å². The maximum atomic E-state index is 11.6. The zero-order valence-electron chi connectivity index (χ0n) is 13.0. The first-order valence-corrected chi connectivity index (χ1v) is 7.44. The smallest absolute Gasteiger partial charge is 0.239 e. The number of nitrogens with one attached hydrogen (secondary N) is 1. The van der Waals surface area contributed by atoms with E-state index in [1.165, 1.54) is 6.42 Å². The van der Waals surface area contributed by atoms with Crippen molar-refractivity contribution >= 4 is 5.91 Å². The Bertz CT molecular complexity index is 307. The normalized spacial score (nSPS) is 31.2. The zero-order chi connectivity index (χ0) is 14.6. The van der Waals surface area contributed by atoms with E-state index in [0.717, 1.165) is 18.8 Å². The Labute approximate surface area is 117 Å². The number of rotatable bonds is 6. The van der Waals surface area contributed by atoms with E-state index >= 15 is 0 Å². The van der Waals surface area contributed by atoms with Gasteiger partial charge < -0.3 is 10.5 Å². The summed E-state index contributed by atoms with van der Waals surface area (Å²) in [4.78, 5) is 11.6. The Morgan fingerprint density at radius 3 is 2.47 bits per heavy atom. The topological polar surface area (TPSA) is 64.3 Å². The van der Waals surface area contributed by atoms with Gasteiger partial charge >= 0.3 is 0 Å². The first kappa shape index (κ1) is 16.4. The fraction of sp³-hybridized carbons (Fsp3) is 0.933. The van der Waals surface area contributed by atoms with Gasteiger partial charge in [0.05, 0.1) is 12.7 Å². The summed E-state index contributed by atoms with van der Waals surface area (Å²) < 4.78 is 5.97. The number of ether oxygens (including phenoxy) is 1. The van der Waals surface area contributed by atoms with E-state index in [9.17, 15) is 4.79 Å². The average molecular weight is 270 g/mol. The molecule has 1 amide bonds. The van der Waals surface area contributed by atoms with Gasteiger partial charge in [0.2, 0.25) is 5.91 Å². The van der Waals surface area contributed by atoms with Crippen LogP contribution < -0.4 is 11.1 Å². The van der Waals surface area contributed by atoms with Gasteiger partial charge in [0.25, 0.3) is 0 Å². The molecule has 0 aromatic heterocycles. The Balaban J connectivity index is 2.50. The second-order valence-electron chi connectivity index (χ2n) is 6.70. The van der Waals surface area contributed by atoms with Gasteiger partial charge in [0, 0.05) is 6.04 Å². The zero-order valence-corrected chi connectivity index (χ0v) is 13.0. The number of nitrogens with two attached hydrogens (primary N) is 1. The lowest BCUT2D eigenvalue weighted by atomic mass is 9.80. The van der Waals surface area contributed by atoms with Crippen LogP contribution in [0.4, 0.5) is 0 Å². The molecule has 0 bridgehead atoms. The highest BCUT2D eigenvalue weighted by atomic mass is 16.5. The molecule has 0 heterocycles. The van der Waals surface area contributed by atoms with Crippen LogP contribution in [-0.2, 0) is 9.53 Å². The number of primary amides is 1. The molecular formula is C15H30N2O2. The molecule has 1 aliphatic carbocycles. The highest BCUT2D eigenvalue weighted by Crippen LogP contribution is 2.31. The van der Waals surface area contributed by atoms with Crippen molar-refractivity contribution in [3.05, 3.63) is 0 Å². The van der Waals surface area contributed by atoms with Crippen molar-refractivity contribution < 1.29 is 9.53 Å². The summed E-state index contributed by atoms with van der Waals surface area (Å²) in [5, 5.41) is 3.22. The molecule has 1 fully saturated rings. The first-order chi connectivity index (χ1) is 8.74. The highest BCUT2D eigenvalue weighted by Gasteiger charge is 2.34. The fourth-order valence-corrected chi connectivity index (χ4v) is 2.76. The number of amides is 1. The van der Waals surface area contributed by atoms with E-state index in [0.29, 0.717) is 12.5 Å². The molecule has 1 aliphatic rings. The molecule has 1 rings (SSSR count). The lowest BCUT2D eigenvalue weighted by molar-refractivity contribution is -0.128. The van der Waals surface area contributed by atoms with Crippen LogP contribution in [0.2, 0.25) is 0 Å². The third-order valence-electron chi connectivity index (χ3n) is 4.31. The molecule has 4 unspecified atom stereocenters. The molecule has 4 nitrogen and oxygen atoms in total. The molecule has 0 radical (unpaired) electrons. The highest BCUT2D eigenvalue weighted by molar-refractivity contribution is 5.84. The molecule has 19 heavy (non-hydrogen) atoms. The Hall–Kier alpha value is -0.610. The van der Waals surface area contributed by atoms with Crippen LogP contribution in [0.3, 0.4) is 0 Å². The van der Waals surface area contributed by atoms with Crippen molar-refractivity contribution in [3.63, 3.8) is 0 Å².